The number of hydrogen-bond donors (Lipinski definition) is 0. The van der Waals surface area contributed by atoms with Gasteiger partial charge >= 0.3 is 11.5 Å². The number of nitrogens with zero attached hydrogens (tertiary/aromatic N) is 3. The van der Waals surface area contributed by atoms with E-state index in [1.165, 1.54) is 13.2 Å². The molecule has 0 saturated heterocycles. The molecule has 0 amide bonds. The molecule has 0 aliphatic carbocycles. The summed E-state index contributed by atoms with van der Waals surface area (Å²) in [5.41, 5.74) is -0.484. The zero-order valence-corrected chi connectivity index (χ0v) is 6.13. The highest BCUT2D eigenvalue weighted by Gasteiger charge is 2.26. The fourth-order valence-electron chi connectivity index (χ4n) is 0.873. The van der Waals surface area contributed by atoms with Crippen LogP contribution in [0.25, 0.3) is 0 Å². The Hall–Kier alpha value is -1.92. The van der Waals surface area contributed by atoms with E-state index < -0.39 is 21.4 Å². The van der Waals surface area contributed by atoms with Crippen molar-refractivity contribution < 1.29 is 9.85 Å². The zero-order valence-electron chi connectivity index (χ0n) is 6.13. The van der Waals surface area contributed by atoms with E-state index in [4.69, 9.17) is 0 Å². The molecule has 0 aliphatic heterocycles. The van der Waals surface area contributed by atoms with Crippen LogP contribution in [0.5, 0.6) is 0 Å². The van der Waals surface area contributed by atoms with E-state index in [2.05, 4.69) is 0 Å². The predicted molar refractivity (Wildman–Crippen MR) is 38.7 cm³/mol. The van der Waals surface area contributed by atoms with E-state index in [-0.39, 0.29) is 0 Å². The highest BCUT2D eigenvalue weighted by Crippen LogP contribution is 2.26. The van der Waals surface area contributed by atoms with Crippen LogP contribution in [0.1, 0.15) is 0 Å². The van der Waals surface area contributed by atoms with Gasteiger partial charge in [0.2, 0.25) is 0 Å². The molecule has 0 aromatic carbocycles. The lowest BCUT2D eigenvalue weighted by atomic mass is 10.5. The molecule has 64 valence electrons. The molecule has 0 spiro atoms. The van der Waals surface area contributed by atoms with Crippen LogP contribution in [0.4, 0.5) is 11.5 Å². The molecule has 0 N–H and O–H groups in total. The van der Waals surface area contributed by atoms with Crippen LogP contribution in [0, 0.1) is 20.2 Å². The van der Waals surface area contributed by atoms with Gasteiger partial charge in [0.15, 0.2) is 0 Å². The molecule has 1 aromatic rings. The van der Waals surface area contributed by atoms with Crippen molar-refractivity contribution in [2.24, 2.45) is 7.05 Å². The average Bonchev–Trinajstić information content (AvgIpc) is 2.30. The Kier molecular flexibility index (Phi) is 1.78. The van der Waals surface area contributed by atoms with Crippen molar-refractivity contribution >= 4 is 11.5 Å². The molecule has 0 aliphatic rings. The molecule has 0 bridgehead atoms. The first kappa shape index (κ1) is 8.18. The van der Waals surface area contributed by atoms with E-state index in [9.17, 15) is 20.2 Å². The van der Waals surface area contributed by atoms with Gasteiger partial charge in [-0.05, 0) is 4.92 Å². The quantitative estimate of drug-likeness (QED) is 0.486. The van der Waals surface area contributed by atoms with Gasteiger partial charge in [-0.25, -0.2) is 4.57 Å². The summed E-state index contributed by atoms with van der Waals surface area (Å²) in [6, 6.07) is 1.10. The van der Waals surface area contributed by atoms with Crippen molar-refractivity contribution in [1.82, 2.24) is 4.57 Å². The van der Waals surface area contributed by atoms with Crippen LogP contribution in [-0.4, -0.2) is 14.4 Å². The molecule has 0 unspecified atom stereocenters. The van der Waals surface area contributed by atoms with Gasteiger partial charge in [0, 0.05) is 0 Å². The van der Waals surface area contributed by atoms with Crippen LogP contribution in [0.15, 0.2) is 12.3 Å². The second kappa shape index (κ2) is 2.61. The van der Waals surface area contributed by atoms with Crippen LogP contribution in [0.3, 0.4) is 0 Å². The zero-order chi connectivity index (χ0) is 9.30. The minimum Gasteiger partial charge on any atom is -0.358 e. The lowest BCUT2D eigenvalue weighted by molar-refractivity contribution is -0.426. The van der Waals surface area contributed by atoms with E-state index in [0.29, 0.717) is 0 Å². The van der Waals surface area contributed by atoms with Gasteiger partial charge in [0.25, 0.3) is 0 Å². The molecule has 1 heterocycles. The maximum atomic E-state index is 10.3. The fourth-order valence-corrected chi connectivity index (χ4v) is 0.873. The SMILES string of the molecule is Cn1ccc([N+](=O)[O-])c1[N+](=O)[O-]. The topological polar surface area (TPSA) is 91.2 Å². The largest absolute Gasteiger partial charge is 0.401 e. The maximum Gasteiger partial charge on any atom is 0.401 e. The van der Waals surface area contributed by atoms with E-state index >= 15 is 0 Å². The first-order valence-corrected chi connectivity index (χ1v) is 2.98. The van der Waals surface area contributed by atoms with E-state index in [1.54, 1.807) is 0 Å². The molecule has 0 radical (unpaired) electrons. The Morgan fingerprint density at radius 2 is 1.92 bits per heavy atom. The summed E-state index contributed by atoms with van der Waals surface area (Å²) in [7, 11) is 1.38. The third-order valence-corrected chi connectivity index (χ3v) is 1.39. The first-order valence-electron chi connectivity index (χ1n) is 2.98. The molecular formula is C5H5N3O4. The van der Waals surface area contributed by atoms with Gasteiger partial charge in [-0.2, -0.15) is 0 Å². The Morgan fingerprint density at radius 1 is 1.33 bits per heavy atom. The summed E-state index contributed by atoms with van der Waals surface area (Å²) in [4.78, 5) is 19.0. The van der Waals surface area contributed by atoms with Gasteiger partial charge in [0.05, 0.1) is 24.2 Å². The second-order valence-corrected chi connectivity index (χ2v) is 2.15. The monoisotopic (exact) mass is 171 g/mol. The van der Waals surface area contributed by atoms with Crippen molar-refractivity contribution in [2.45, 2.75) is 0 Å². The predicted octanol–water partition coefficient (Wildman–Crippen LogP) is 0.841. The summed E-state index contributed by atoms with van der Waals surface area (Å²) in [6.45, 7) is 0. The fraction of sp³-hybridized carbons (Fsp3) is 0.200. The smallest absolute Gasteiger partial charge is 0.358 e. The molecule has 7 heteroatoms. The van der Waals surface area contributed by atoms with Crippen molar-refractivity contribution in [2.75, 3.05) is 0 Å². The van der Waals surface area contributed by atoms with Gasteiger partial charge in [-0.3, -0.25) is 10.1 Å². The van der Waals surface area contributed by atoms with Crippen LogP contribution < -0.4 is 0 Å². The molecule has 12 heavy (non-hydrogen) atoms. The Labute approximate surface area is 66.5 Å². The molecule has 0 fully saturated rings. The number of hydrogen-bond acceptors (Lipinski definition) is 4. The normalized spacial score (nSPS) is 9.75. The Balaban J connectivity index is 3.31. The third kappa shape index (κ3) is 1.11. The number of nitro groups is 2. The van der Waals surface area contributed by atoms with Crippen LogP contribution in [-0.2, 0) is 7.05 Å². The van der Waals surface area contributed by atoms with Crippen molar-refractivity contribution in [3.63, 3.8) is 0 Å². The summed E-state index contributed by atoms with van der Waals surface area (Å²) < 4.78 is 1.10. The summed E-state index contributed by atoms with van der Waals surface area (Å²) >= 11 is 0. The second-order valence-electron chi connectivity index (χ2n) is 2.15. The number of aryl methyl sites for hydroxylation is 1. The molecule has 1 aromatic heterocycles. The van der Waals surface area contributed by atoms with Crippen LogP contribution in [0.2, 0.25) is 0 Å². The molecule has 0 atom stereocenters. The molecular weight excluding hydrogens is 166 g/mol. The third-order valence-electron chi connectivity index (χ3n) is 1.39. The van der Waals surface area contributed by atoms with Crippen molar-refractivity contribution in [3.05, 3.63) is 32.5 Å². The highest BCUT2D eigenvalue weighted by molar-refractivity contribution is 5.47. The summed E-state index contributed by atoms with van der Waals surface area (Å²) in [6.07, 6.45) is 1.27. The molecule has 7 nitrogen and oxygen atoms in total. The number of rotatable bonds is 2. The lowest BCUT2D eigenvalue weighted by Gasteiger charge is -1.93. The molecule has 1 rings (SSSR count). The highest BCUT2D eigenvalue weighted by atomic mass is 16.6. The van der Waals surface area contributed by atoms with E-state index in [0.717, 1.165) is 10.6 Å². The van der Waals surface area contributed by atoms with E-state index in [1.807, 2.05) is 0 Å². The lowest BCUT2D eigenvalue weighted by Crippen LogP contribution is -1.99. The summed E-state index contributed by atoms with van der Waals surface area (Å²) in [5, 5.41) is 20.5. The Bertz CT molecular complexity index is 342. The summed E-state index contributed by atoms with van der Waals surface area (Å²) in [5.74, 6) is -0.500. The Morgan fingerprint density at radius 3 is 2.25 bits per heavy atom. The number of aromatic nitrogens is 1. The minimum absolute atomic E-state index is 0.484. The van der Waals surface area contributed by atoms with Gasteiger partial charge in [-0.1, -0.05) is 0 Å². The van der Waals surface area contributed by atoms with Gasteiger partial charge in [0.1, 0.15) is 0 Å². The van der Waals surface area contributed by atoms with Crippen molar-refractivity contribution in [3.8, 4) is 0 Å². The standard InChI is InChI=1S/C5H5N3O4/c1-6-3-2-4(7(9)10)5(6)8(11)12/h2-3H,1H3. The van der Waals surface area contributed by atoms with Crippen LogP contribution >= 0.6 is 0 Å². The van der Waals surface area contributed by atoms with Gasteiger partial charge in [-0.15, -0.1) is 0 Å². The minimum atomic E-state index is -0.780. The van der Waals surface area contributed by atoms with Gasteiger partial charge < -0.3 is 10.1 Å². The first-order chi connectivity index (χ1) is 5.54. The maximum absolute atomic E-state index is 10.3. The van der Waals surface area contributed by atoms with Crippen molar-refractivity contribution in [1.29, 1.82) is 0 Å². The average molecular weight is 171 g/mol. The molecule has 0 saturated carbocycles.